The largest absolute Gasteiger partial charge is 0.347 e. The number of amides is 2. The van der Waals surface area contributed by atoms with Crippen LogP contribution in [0.5, 0.6) is 0 Å². The highest BCUT2D eigenvalue weighted by molar-refractivity contribution is 5.94. The molecule has 2 rings (SSSR count). The van der Waals surface area contributed by atoms with Gasteiger partial charge in [0.25, 0.3) is 0 Å². The number of carbonyl (C=O) groups is 2. The molecule has 0 heterocycles. The number of hydrogen-bond acceptors (Lipinski definition) is 2. The molecule has 2 N–H and O–H groups in total. The van der Waals surface area contributed by atoms with Crippen LogP contribution in [0.15, 0.2) is 54.6 Å². The summed E-state index contributed by atoms with van der Waals surface area (Å²) in [6, 6.07) is 16.3. The predicted octanol–water partition coefficient (Wildman–Crippen LogP) is 1.97. The van der Waals surface area contributed by atoms with Crippen molar-refractivity contribution in [1.29, 1.82) is 0 Å². The van der Waals surface area contributed by atoms with Gasteiger partial charge < -0.3 is 10.6 Å². The van der Waals surface area contributed by atoms with Crippen molar-refractivity contribution in [2.24, 2.45) is 0 Å². The predicted molar refractivity (Wildman–Crippen MR) is 86.2 cm³/mol. The van der Waals surface area contributed by atoms with Crippen LogP contribution in [-0.2, 0) is 16.0 Å². The summed E-state index contributed by atoms with van der Waals surface area (Å²) in [6.07, 6.45) is 5.55. The van der Waals surface area contributed by atoms with Gasteiger partial charge >= 0.3 is 0 Å². The molecule has 22 heavy (non-hydrogen) atoms. The minimum absolute atomic E-state index is 0.0774. The number of rotatable bonds is 5. The lowest BCUT2D eigenvalue weighted by atomic mass is 10.1. The second-order valence-corrected chi connectivity index (χ2v) is 4.71. The Balaban J connectivity index is 1.80. The molecule has 0 bridgehead atoms. The standard InChI is InChI=1S/C18H16N2O2/c1-2-14-9-6-10-16(11-14)20-18(22)13-19-17(21)12-15-7-4-3-5-8-15/h1,3-11H,12-13H2,(H,19,21)(H,20,22). The van der Waals surface area contributed by atoms with E-state index in [0.717, 1.165) is 5.56 Å². The molecule has 0 unspecified atom stereocenters. The first-order valence-corrected chi connectivity index (χ1v) is 6.84. The lowest BCUT2D eigenvalue weighted by Crippen LogP contribution is -2.33. The lowest BCUT2D eigenvalue weighted by Gasteiger charge is -2.07. The highest BCUT2D eigenvalue weighted by Crippen LogP contribution is 2.09. The average Bonchev–Trinajstić information content (AvgIpc) is 2.54. The number of benzene rings is 2. The summed E-state index contributed by atoms with van der Waals surface area (Å²) in [5.41, 5.74) is 2.20. The van der Waals surface area contributed by atoms with E-state index in [1.807, 2.05) is 30.3 Å². The summed E-state index contributed by atoms with van der Waals surface area (Å²) >= 11 is 0. The third kappa shape index (κ3) is 4.80. The van der Waals surface area contributed by atoms with Gasteiger partial charge in [0.05, 0.1) is 13.0 Å². The van der Waals surface area contributed by atoms with E-state index in [1.165, 1.54) is 0 Å². The molecular formula is C18H16N2O2. The lowest BCUT2D eigenvalue weighted by molar-refractivity contribution is -0.123. The quantitative estimate of drug-likeness (QED) is 0.828. The average molecular weight is 292 g/mol. The van der Waals surface area contributed by atoms with E-state index < -0.39 is 0 Å². The maximum absolute atomic E-state index is 11.8. The van der Waals surface area contributed by atoms with Crippen LogP contribution in [0, 0.1) is 12.3 Å². The summed E-state index contributed by atoms with van der Waals surface area (Å²) in [7, 11) is 0. The van der Waals surface area contributed by atoms with Crippen LogP contribution in [0.25, 0.3) is 0 Å². The highest BCUT2D eigenvalue weighted by atomic mass is 16.2. The molecule has 0 aliphatic rings. The second-order valence-electron chi connectivity index (χ2n) is 4.71. The molecule has 0 fully saturated rings. The number of terminal acetylenes is 1. The van der Waals surface area contributed by atoms with Gasteiger partial charge in [0.15, 0.2) is 0 Å². The van der Waals surface area contributed by atoms with Gasteiger partial charge in [-0.05, 0) is 23.8 Å². The van der Waals surface area contributed by atoms with Crippen molar-refractivity contribution in [3.05, 3.63) is 65.7 Å². The van der Waals surface area contributed by atoms with Crippen molar-refractivity contribution in [3.8, 4) is 12.3 Å². The van der Waals surface area contributed by atoms with Crippen LogP contribution in [0.1, 0.15) is 11.1 Å². The molecule has 110 valence electrons. The van der Waals surface area contributed by atoms with E-state index in [-0.39, 0.29) is 24.8 Å². The molecule has 0 atom stereocenters. The van der Waals surface area contributed by atoms with Crippen molar-refractivity contribution in [2.45, 2.75) is 6.42 Å². The summed E-state index contributed by atoms with van der Waals surface area (Å²) < 4.78 is 0. The highest BCUT2D eigenvalue weighted by Gasteiger charge is 2.07. The van der Waals surface area contributed by atoms with Gasteiger partial charge in [0.2, 0.25) is 11.8 Å². The number of carbonyl (C=O) groups excluding carboxylic acids is 2. The molecule has 0 radical (unpaired) electrons. The van der Waals surface area contributed by atoms with E-state index in [4.69, 9.17) is 6.42 Å². The van der Waals surface area contributed by atoms with E-state index in [9.17, 15) is 9.59 Å². The van der Waals surface area contributed by atoms with Gasteiger partial charge in [-0.1, -0.05) is 42.3 Å². The second kappa shape index (κ2) is 7.65. The molecule has 0 aliphatic carbocycles. The zero-order chi connectivity index (χ0) is 15.8. The Hall–Kier alpha value is -3.06. The molecule has 2 aromatic rings. The van der Waals surface area contributed by atoms with Crippen molar-refractivity contribution in [3.63, 3.8) is 0 Å². The van der Waals surface area contributed by atoms with Crippen molar-refractivity contribution >= 4 is 17.5 Å². The molecule has 2 aromatic carbocycles. The number of anilines is 1. The Morgan fingerprint density at radius 2 is 1.77 bits per heavy atom. The Labute approximate surface area is 129 Å². The van der Waals surface area contributed by atoms with E-state index in [0.29, 0.717) is 11.3 Å². The van der Waals surface area contributed by atoms with Crippen LogP contribution in [0.2, 0.25) is 0 Å². The van der Waals surface area contributed by atoms with Gasteiger partial charge in [0.1, 0.15) is 0 Å². The van der Waals surface area contributed by atoms with E-state index in [1.54, 1.807) is 24.3 Å². The Morgan fingerprint density at radius 3 is 2.50 bits per heavy atom. The third-order valence-electron chi connectivity index (χ3n) is 2.97. The van der Waals surface area contributed by atoms with Crippen molar-refractivity contribution < 1.29 is 9.59 Å². The fraction of sp³-hybridized carbons (Fsp3) is 0.111. The van der Waals surface area contributed by atoms with E-state index in [2.05, 4.69) is 16.6 Å². The first kappa shape index (κ1) is 15.3. The minimum Gasteiger partial charge on any atom is -0.347 e. The molecule has 0 saturated carbocycles. The molecule has 0 saturated heterocycles. The SMILES string of the molecule is C#Cc1cccc(NC(=O)CNC(=O)Cc2ccccc2)c1. The fourth-order valence-corrected chi connectivity index (χ4v) is 1.91. The number of nitrogens with one attached hydrogen (secondary N) is 2. The third-order valence-corrected chi connectivity index (χ3v) is 2.97. The van der Waals surface area contributed by atoms with Gasteiger partial charge in [-0.2, -0.15) is 0 Å². The minimum atomic E-state index is -0.296. The zero-order valence-electron chi connectivity index (χ0n) is 12.0. The molecule has 2 amide bonds. The smallest absolute Gasteiger partial charge is 0.243 e. The molecule has 0 aromatic heterocycles. The van der Waals surface area contributed by atoms with Crippen LogP contribution >= 0.6 is 0 Å². The molecule has 4 heteroatoms. The number of hydrogen-bond donors (Lipinski definition) is 2. The maximum Gasteiger partial charge on any atom is 0.243 e. The first-order chi connectivity index (χ1) is 10.7. The summed E-state index contributed by atoms with van der Waals surface area (Å²) in [5.74, 6) is 2.01. The first-order valence-electron chi connectivity index (χ1n) is 6.84. The molecular weight excluding hydrogens is 276 g/mol. The van der Waals surface area contributed by atoms with Crippen LogP contribution in [0.3, 0.4) is 0 Å². The fourth-order valence-electron chi connectivity index (χ4n) is 1.91. The Kier molecular flexibility index (Phi) is 5.33. The van der Waals surface area contributed by atoms with Crippen molar-refractivity contribution in [2.75, 3.05) is 11.9 Å². The van der Waals surface area contributed by atoms with Gasteiger partial charge in [-0.3, -0.25) is 9.59 Å². The summed E-state index contributed by atoms with van der Waals surface area (Å²) in [6.45, 7) is -0.0774. The van der Waals surface area contributed by atoms with E-state index >= 15 is 0 Å². The topological polar surface area (TPSA) is 58.2 Å². The molecule has 0 spiro atoms. The van der Waals surface area contributed by atoms with Crippen molar-refractivity contribution in [1.82, 2.24) is 5.32 Å². The Morgan fingerprint density at radius 1 is 1.00 bits per heavy atom. The van der Waals surface area contributed by atoms with Crippen LogP contribution in [0.4, 0.5) is 5.69 Å². The normalized spacial score (nSPS) is 9.59. The molecule has 0 aliphatic heterocycles. The Bertz CT molecular complexity index is 703. The maximum atomic E-state index is 11.8. The zero-order valence-corrected chi connectivity index (χ0v) is 12.0. The van der Waals surface area contributed by atoms with Gasteiger partial charge in [0, 0.05) is 11.3 Å². The monoisotopic (exact) mass is 292 g/mol. The molecule has 4 nitrogen and oxygen atoms in total. The van der Waals surface area contributed by atoms with Crippen LogP contribution in [-0.4, -0.2) is 18.4 Å². The van der Waals surface area contributed by atoms with Gasteiger partial charge in [-0.25, -0.2) is 0 Å². The van der Waals surface area contributed by atoms with Gasteiger partial charge in [-0.15, -0.1) is 6.42 Å². The summed E-state index contributed by atoms with van der Waals surface area (Å²) in [4.78, 5) is 23.5. The van der Waals surface area contributed by atoms with Crippen LogP contribution < -0.4 is 10.6 Å². The summed E-state index contributed by atoms with van der Waals surface area (Å²) in [5, 5.41) is 5.28.